The SMILES string of the molecule is CCCCCCCCO[Si](Oc1ccc(F)c(F)c1F)(c1ccccc1)c1ccccc1. The van der Waals surface area contributed by atoms with Gasteiger partial charge in [0.1, 0.15) is 5.75 Å². The minimum atomic E-state index is -3.46. The first-order valence-electron chi connectivity index (χ1n) is 11.2. The van der Waals surface area contributed by atoms with E-state index in [2.05, 4.69) is 6.92 Å². The Balaban J connectivity index is 1.95. The Kier molecular flexibility index (Phi) is 8.94. The molecule has 0 radical (unpaired) electrons. The maximum atomic E-state index is 14.6. The van der Waals surface area contributed by atoms with Crippen LogP contribution in [0.4, 0.5) is 13.2 Å². The summed E-state index contributed by atoms with van der Waals surface area (Å²) >= 11 is 0. The van der Waals surface area contributed by atoms with Gasteiger partial charge in [0.05, 0.1) is 0 Å². The molecular formula is C26H29F3O2Si. The minimum Gasteiger partial charge on any atom is -0.511 e. The van der Waals surface area contributed by atoms with Gasteiger partial charge in [-0.3, -0.25) is 0 Å². The van der Waals surface area contributed by atoms with Crippen molar-refractivity contribution in [3.05, 3.63) is 90.2 Å². The van der Waals surface area contributed by atoms with Crippen LogP contribution in [0.5, 0.6) is 5.75 Å². The van der Waals surface area contributed by atoms with Gasteiger partial charge in [-0.05, 0) is 18.6 Å². The monoisotopic (exact) mass is 458 g/mol. The second-order valence-electron chi connectivity index (χ2n) is 7.74. The fourth-order valence-electron chi connectivity index (χ4n) is 3.64. The summed E-state index contributed by atoms with van der Waals surface area (Å²) in [6.07, 6.45) is 6.57. The van der Waals surface area contributed by atoms with E-state index in [0.717, 1.165) is 41.8 Å². The highest BCUT2D eigenvalue weighted by Crippen LogP contribution is 2.25. The molecule has 170 valence electrons. The lowest BCUT2D eigenvalue weighted by molar-refractivity contribution is 0.248. The van der Waals surface area contributed by atoms with Crippen LogP contribution >= 0.6 is 0 Å². The van der Waals surface area contributed by atoms with Crippen LogP contribution < -0.4 is 14.8 Å². The maximum Gasteiger partial charge on any atom is 0.468 e. The Morgan fingerprint density at radius 1 is 0.656 bits per heavy atom. The third-order valence-electron chi connectivity index (χ3n) is 5.36. The molecule has 0 aliphatic heterocycles. The first kappa shape index (κ1) is 24.1. The van der Waals surface area contributed by atoms with Crippen LogP contribution in [-0.2, 0) is 4.43 Å². The molecule has 0 saturated carbocycles. The lowest BCUT2D eigenvalue weighted by Crippen LogP contribution is -2.66. The van der Waals surface area contributed by atoms with Crippen molar-refractivity contribution in [3.8, 4) is 5.75 Å². The van der Waals surface area contributed by atoms with Crippen LogP contribution in [0, 0.1) is 17.5 Å². The van der Waals surface area contributed by atoms with Gasteiger partial charge in [0, 0.05) is 17.0 Å². The van der Waals surface area contributed by atoms with Gasteiger partial charge < -0.3 is 8.85 Å². The number of unbranched alkanes of at least 4 members (excludes halogenated alkanes) is 5. The van der Waals surface area contributed by atoms with Crippen molar-refractivity contribution in [2.24, 2.45) is 0 Å². The predicted octanol–water partition coefficient (Wildman–Crippen LogP) is 6.12. The van der Waals surface area contributed by atoms with Crippen LogP contribution in [0.15, 0.2) is 72.8 Å². The molecule has 3 aromatic rings. The molecule has 0 unspecified atom stereocenters. The van der Waals surface area contributed by atoms with E-state index < -0.39 is 26.0 Å². The number of hydrogen-bond acceptors (Lipinski definition) is 2. The third-order valence-corrected chi connectivity index (χ3v) is 8.67. The Hall–Kier alpha value is -2.57. The number of benzene rings is 3. The summed E-state index contributed by atoms with van der Waals surface area (Å²) in [4.78, 5) is 0. The lowest BCUT2D eigenvalue weighted by atomic mass is 10.1. The number of halogens is 3. The van der Waals surface area contributed by atoms with Gasteiger partial charge in [0.15, 0.2) is 11.6 Å². The Morgan fingerprint density at radius 2 is 1.22 bits per heavy atom. The largest absolute Gasteiger partial charge is 0.511 e. The van der Waals surface area contributed by atoms with Gasteiger partial charge in [-0.1, -0.05) is 99.7 Å². The summed E-state index contributed by atoms with van der Waals surface area (Å²) in [7, 11) is -3.46. The van der Waals surface area contributed by atoms with Crippen LogP contribution in [0.2, 0.25) is 0 Å². The second kappa shape index (κ2) is 11.9. The van der Waals surface area contributed by atoms with E-state index in [1.165, 1.54) is 19.3 Å². The van der Waals surface area contributed by atoms with E-state index in [4.69, 9.17) is 8.85 Å². The van der Waals surface area contributed by atoms with Gasteiger partial charge in [0.25, 0.3) is 0 Å². The summed E-state index contributed by atoms with van der Waals surface area (Å²) in [5.41, 5.74) is 0. The third kappa shape index (κ3) is 5.81. The van der Waals surface area contributed by atoms with Crippen LogP contribution in [0.25, 0.3) is 0 Å². The topological polar surface area (TPSA) is 18.5 Å². The Labute approximate surface area is 189 Å². The van der Waals surface area contributed by atoms with Crippen molar-refractivity contribution in [1.82, 2.24) is 0 Å². The molecule has 0 aliphatic carbocycles. The van der Waals surface area contributed by atoms with E-state index in [1.54, 1.807) is 0 Å². The van der Waals surface area contributed by atoms with E-state index in [0.29, 0.717) is 6.61 Å². The number of rotatable bonds is 12. The van der Waals surface area contributed by atoms with Crippen molar-refractivity contribution in [1.29, 1.82) is 0 Å². The highest BCUT2D eigenvalue weighted by atomic mass is 28.4. The summed E-state index contributed by atoms with van der Waals surface area (Å²) in [5.74, 6) is -4.51. The van der Waals surface area contributed by atoms with Gasteiger partial charge in [-0.15, -0.1) is 0 Å². The zero-order valence-electron chi connectivity index (χ0n) is 18.3. The molecule has 0 fully saturated rings. The molecule has 32 heavy (non-hydrogen) atoms. The lowest BCUT2D eigenvalue weighted by Gasteiger charge is -2.32. The van der Waals surface area contributed by atoms with Crippen molar-refractivity contribution in [2.75, 3.05) is 6.61 Å². The fourth-order valence-corrected chi connectivity index (χ4v) is 6.76. The van der Waals surface area contributed by atoms with E-state index in [9.17, 15) is 13.2 Å². The summed E-state index contributed by atoms with van der Waals surface area (Å²) in [6, 6.07) is 20.7. The molecular weight excluding hydrogens is 429 g/mol. The summed E-state index contributed by atoms with van der Waals surface area (Å²) in [5, 5.41) is 1.53. The van der Waals surface area contributed by atoms with E-state index >= 15 is 0 Å². The van der Waals surface area contributed by atoms with Crippen LogP contribution in [0.3, 0.4) is 0 Å². The van der Waals surface area contributed by atoms with Crippen molar-refractivity contribution in [2.45, 2.75) is 45.4 Å². The standard InChI is InChI=1S/C26H29F3O2Si/c1-2-3-4-5-6-13-20-30-32(21-14-9-7-10-15-21,22-16-11-8-12-17-22)31-24-19-18-23(27)25(28)26(24)29/h7-12,14-19H,2-6,13,20H2,1H3. The second-order valence-corrected chi connectivity index (χ2v) is 10.6. The summed E-state index contributed by atoms with van der Waals surface area (Å²) in [6.45, 7) is 2.60. The highest BCUT2D eigenvalue weighted by molar-refractivity contribution is 6.93. The molecule has 0 amide bonds. The fraction of sp³-hybridized carbons (Fsp3) is 0.308. The van der Waals surface area contributed by atoms with Gasteiger partial charge in [0.2, 0.25) is 5.82 Å². The number of hydrogen-bond donors (Lipinski definition) is 0. The van der Waals surface area contributed by atoms with E-state index in [1.807, 2.05) is 60.7 Å². The average molecular weight is 459 g/mol. The Bertz CT molecular complexity index is 928. The van der Waals surface area contributed by atoms with Gasteiger partial charge in [-0.2, -0.15) is 4.39 Å². The quantitative estimate of drug-likeness (QED) is 0.185. The summed E-state index contributed by atoms with van der Waals surface area (Å²) < 4.78 is 54.8. The average Bonchev–Trinajstić information content (AvgIpc) is 2.84. The smallest absolute Gasteiger partial charge is 0.468 e. The predicted molar refractivity (Wildman–Crippen MR) is 124 cm³/mol. The minimum absolute atomic E-state index is 0.355. The van der Waals surface area contributed by atoms with E-state index in [-0.39, 0.29) is 5.75 Å². The Morgan fingerprint density at radius 3 is 1.81 bits per heavy atom. The van der Waals surface area contributed by atoms with Gasteiger partial charge in [-0.25, -0.2) is 8.78 Å². The van der Waals surface area contributed by atoms with Gasteiger partial charge >= 0.3 is 8.56 Å². The van der Waals surface area contributed by atoms with Crippen molar-refractivity contribution >= 4 is 18.9 Å². The first-order valence-corrected chi connectivity index (χ1v) is 13.0. The molecule has 3 rings (SSSR count). The molecule has 0 aromatic heterocycles. The zero-order chi connectivity index (χ0) is 22.8. The van der Waals surface area contributed by atoms with Crippen LogP contribution in [-0.4, -0.2) is 15.2 Å². The zero-order valence-corrected chi connectivity index (χ0v) is 19.3. The van der Waals surface area contributed by atoms with Crippen LogP contribution in [0.1, 0.15) is 45.4 Å². The molecule has 0 atom stereocenters. The van der Waals surface area contributed by atoms with Crippen molar-refractivity contribution < 1.29 is 22.0 Å². The molecule has 0 bridgehead atoms. The molecule has 0 N–H and O–H groups in total. The molecule has 0 heterocycles. The first-order chi connectivity index (χ1) is 15.6. The molecule has 0 aliphatic rings. The molecule has 0 saturated heterocycles. The maximum absolute atomic E-state index is 14.6. The molecule has 2 nitrogen and oxygen atoms in total. The highest BCUT2D eigenvalue weighted by Gasteiger charge is 2.45. The van der Waals surface area contributed by atoms with Crippen molar-refractivity contribution in [3.63, 3.8) is 0 Å². The normalized spacial score (nSPS) is 11.5. The molecule has 3 aromatic carbocycles. The molecule has 0 spiro atoms. The molecule has 6 heteroatoms.